The molecule has 1 fully saturated rings. The van der Waals surface area contributed by atoms with Crippen molar-refractivity contribution in [3.05, 3.63) is 58.6 Å². The van der Waals surface area contributed by atoms with Crippen molar-refractivity contribution >= 4 is 33.2 Å². The number of hydrogen-bond acceptors (Lipinski definition) is 3. The SMILES string of the molecule is Cc1ccc(NC(=O)C2(c3cccc(Cl)c3)CCC2)cc1S(=O)(=O)N(C)C. The molecule has 1 N–H and O–H groups in total. The third-order valence-electron chi connectivity index (χ3n) is 5.22. The highest BCUT2D eigenvalue weighted by atomic mass is 35.5. The van der Waals surface area contributed by atoms with Gasteiger partial charge in [0, 0.05) is 24.8 Å². The van der Waals surface area contributed by atoms with Crippen LogP contribution in [0.3, 0.4) is 0 Å². The van der Waals surface area contributed by atoms with Crippen molar-refractivity contribution in [1.29, 1.82) is 0 Å². The molecule has 0 atom stereocenters. The molecule has 7 heteroatoms. The van der Waals surface area contributed by atoms with E-state index in [9.17, 15) is 13.2 Å². The fraction of sp³-hybridized carbons (Fsp3) is 0.350. The summed E-state index contributed by atoms with van der Waals surface area (Å²) >= 11 is 6.11. The number of hydrogen-bond donors (Lipinski definition) is 1. The van der Waals surface area contributed by atoms with Crippen LogP contribution in [0.5, 0.6) is 0 Å². The van der Waals surface area contributed by atoms with Crippen LogP contribution in [0, 0.1) is 6.92 Å². The molecule has 1 aliphatic rings. The highest BCUT2D eigenvalue weighted by molar-refractivity contribution is 7.89. The van der Waals surface area contributed by atoms with Gasteiger partial charge < -0.3 is 5.32 Å². The van der Waals surface area contributed by atoms with Crippen LogP contribution in [-0.2, 0) is 20.2 Å². The number of carbonyl (C=O) groups is 1. The summed E-state index contributed by atoms with van der Waals surface area (Å²) in [7, 11) is -0.609. The molecule has 2 aromatic carbocycles. The minimum absolute atomic E-state index is 0.131. The summed E-state index contributed by atoms with van der Waals surface area (Å²) in [6.07, 6.45) is 2.45. The van der Waals surface area contributed by atoms with Crippen molar-refractivity contribution in [1.82, 2.24) is 4.31 Å². The molecule has 144 valence electrons. The Hall–Kier alpha value is -1.89. The van der Waals surface area contributed by atoms with Crippen molar-refractivity contribution in [3.63, 3.8) is 0 Å². The van der Waals surface area contributed by atoms with Crippen LogP contribution in [0.25, 0.3) is 0 Å². The maximum absolute atomic E-state index is 13.1. The van der Waals surface area contributed by atoms with Gasteiger partial charge >= 0.3 is 0 Å². The van der Waals surface area contributed by atoms with Crippen LogP contribution in [0.4, 0.5) is 5.69 Å². The molecular weight excluding hydrogens is 384 g/mol. The number of rotatable bonds is 5. The van der Waals surface area contributed by atoms with E-state index in [1.807, 2.05) is 18.2 Å². The zero-order chi connectivity index (χ0) is 19.8. The molecule has 2 aromatic rings. The van der Waals surface area contributed by atoms with Gasteiger partial charge in [0.05, 0.1) is 10.3 Å². The lowest BCUT2D eigenvalue weighted by atomic mass is 9.64. The molecule has 0 saturated heterocycles. The number of nitrogens with zero attached hydrogens (tertiary/aromatic N) is 1. The number of halogens is 1. The van der Waals surface area contributed by atoms with E-state index in [1.165, 1.54) is 24.5 Å². The largest absolute Gasteiger partial charge is 0.325 e. The van der Waals surface area contributed by atoms with Crippen molar-refractivity contribution < 1.29 is 13.2 Å². The van der Waals surface area contributed by atoms with E-state index in [-0.39, 0.29) is 10.8 Å². The Balaban J connectivity index is 1.92. The lowest BCUT2D eigenvalue weighted by Crippen LogP contribution is -2.46. The summed E-state index contributed by atoms with van der Waals surface area (Å²) in [5.41, 5.74) is 1.39. The Labute approximate surface area is 165 Å². The number of sulfonamides is 1. The van der Waals surface area contributed by atoms with Crippen molar-refractivity contribution in [2.24, 2.45) is 0 Å². The van der Waals surface area contributed by atoms with Crippen LogP contribution in [0.15, 0.2) is 47.4 Å². The van der Waals surface area contributed by atoms with Crippen LogP contribution in [0.1, 0.15) is 30.4 Å². The Kier molecular flexibility index (Phi) is 5.34. The number of carbonyl (C=O) groups excluding carboxylic acids is 1. The number of nitrogens with one attached hydrogen (secondary N) is 1. The molecule has 5 nitrogen and oxygen atoms in total. The Morgan fingerprint density at radius 1 is 1.15 bits per heavy atom. The zero-order valence-corrected chi connectivity index (χ0v) is 17.2. The molecule has 1 aliphatic carbocycles. The van der Waals surface area contributed by atoms with E-state index in [0.29, 0.717) is 16.3 Å². The fourth-order valence-corrected chi connectivity index (χ4v) is 4.70. The molecule has 0 aliphatic heterocycles. The maximum atomic E-state index is 13.1. The zero-order valence-electron chi connectivity index (χ0n) is 15.6. The average molecular weight is 407 g/mol. The summed E-state index contributed by atoms with van der Waals surface area (Å²) in [4.78, 5) is 13.3. The van der Waals surface area contributed by atoms with Gasteiger partial charge in [-0.2, -0.15) is 0 Å². The van der Waals surface area contributed by atoms with E-state index in [0.717, 1.165) is 24.8 Å². The summed E-state index contributed by atoms with van der Waals surface area (Å²) < 4.78 is 26.2. The molecule has 1 amide bonds. The number of amides is 1. The van der Waals surface area contributed by atoms with E-state index >= 15 is 0 Å². The van der Waals surface area contributed by atoms with Gasteiger partial charge in [0.15, 0.2) is 0 Å². The highest BCUT2D eigenvalue weighted by Crippen LogP contribution is 2.45. The Morgan fingerprint density at radius 2 is 1.85 bits per heavy atom. The van der Waals surface area contributed by atoms with Crippen molar-refractivity contribution in [2.75, 3.05) is 19.4 Å². The molecule has 3 rings (SSSR count). The second-order valence-electron chi connectivity index (χ2n) is 7.17. The van der Waals surface area contributed by atoms with E-state index in [2.05, 4.69) is 5.32 Å². The predicted molar refractivity (Wildman–Crippen MR) is 108 cm³/mol. The molecule has 0 radical (unpaired) electrons. The minimum atomic E-state index is -3.59. The van der Waals surface area contributed by atoms with Gasteiger partial charge in [-0.15, -0.1) is 0 Å². The van der Waals surface area contributed by atoms with Crippen molar-refractivity contribution in [3.8, 4) is 0 Å². The van der Waals surface area contributed by atoms with Gasteiger partial charge in [-0.3, -0.25) is 4.79 Å². The van der Waals surface area contributed by atoms with Gasteiger partial charge in [-0.05, 0) is 55.2 Å². The molecule has 1 saturated carbocycles. The monoisotopic (exact) mass is 406 g/mol. The van der Waals surface area contributed by atoms with Gasteiger partial charge in [0.25, 0.3) is 0 Å². The number of aryl methyl sites for hydroxylation is 1. The molecular formula is C20H23ClN2O3S. The molecule has 0 unspecified atom stereocenters. The van der Waals surface area contributed by atoms with Crippen LogP contribution < -0.4 is 5.32 Å². The quantitative estimate of drug-likeness (QED) is 0.817. The van der Waals surface area contributed by atoms with Crippen LogP contribution >= 0.6 is 11.6 Å². The first-order valence-electron chi connectivity index (χ1n) is 8.77. The van der Waals surface area contributed by atoms with Gasteiger partial charge in [0.2, 0.25) is 15.9 Å². The summed E-state index contributed by atoms with van der Waals surface area (Å²) in [6.45, 7) is 1.74. The molecule has 0 bridgehead atoms. The van der Waals surface area contributed by atoms with E-state index in [1.54, 1.807) is 25.1 Å². The van der Waals surface area contributed by atoms with E-state index < -0.39 is 15.4 Å². The normalized spacial score (nSPS) is 16.0. The third-order valence-corrected chi connectivity index (χ3v) is 7.42. The van der Waals surface area contributed by atoms with Gasteiger partial charge in [0.1, 0.15) is 0 Å². The average Bonchev–Trinajstić information content (AvgIpc) is 2.55. The standard InChI is InChI=1S/C20H23ClN2O3S/c1-14-8-9-17(13-18(14)27(25,26)23(2)3)22-19(24)20(10-5-11-20)15-6-4-7-16(21)12-15/h4,6-9,12-13H,5,10-11H2,1-3H3,(H,22,24). The molecule has 27 heavy (non-hydrogen) atoms. The maximum Gasteiger partial charge on any atom is 0.242 e. The lowest BCUT2D eigenvalue weighted by molar-refractivity contribution is -0.124. The Bertz CT molecular complexity index is 982. The van der Waals surface area contributed by atoms with Crippen LogP contribution in [0.2, 0.25) is 5.02 Å². The smallest absolute Gasteiger partial charge is 0.242 e. The number of anilines is 1. The minimum Gasteiger partial charge on any atom is -0.325 e. The second-order valence-corrected chi connectivity index (χ2v) is 9.72. The Morgan fingerprint density at radius 3 is 2.41 bits per heavy atom. The van der Waals surface area contributed by atoms with E-state index in [4.69, 9.17) is 11.6 Å². The second kappa shape index (κ2) is 7.26. The lowest BCUT2D eigenvalue weighted by Gasteiger charge is -2.40. The molecule has 0 spiro atoms. The first-order chi connectivity index (χ1) is 12.7. The summed E-state index contributed by atoms with van der Waals surface area (Å²) in [6, 6.07) is 12.3. The molecule has 0 heterocycles. The first kappa shape index (κ1) is 19.9. The number of benzene rings is 2. The third kappa shape index (κ3) is 3.61. The summed E-state index contributed by atoms with van der Waals surface area (Å²) in [5.74, 6) is -0.131. The highest BCUT2D eigenvalue weighted by Gasteiger charge is 2.45. The fourth-order valence-electron chi connectivity index (χ4n) is 3.37. The topological polar surface area (TPSA) is 66.5 Å². The van der Waals surface area contributed by atoms with Gasteiger partial charge in [-0.1, -0.05) is 36.2 Å². The van der Waals surface area contributed by atoms with Crippen LogP contribution in [-0.4, -0.2) is 32.7 Å². The van der Waals surface area contributed by atoms with Gasteiger partial charge in [-0.25, -0.2) is 12.7 Å². The summed E-state index contributed by atoms with van der Waals surface area (Å²) in [5, 5.41) is 3.51. The van der Waals surface area contributed by atoms with Crippen molar-refractivity contribution in [2.45, 2.75) is 36.5 Å². The predicted octanol–water partition coefficient (Wildman–Crippen LogP) is 3.96. The first-order valence-corrected chi connectivity index (χ1v) is 10.6. The molecule has 0 aromatic heterocycles.